The fourth-order valence-electron chi connectivity index (χ4n) is 5.90. The highest BCUT2D eigenvalue weighted by Crippen LogP contribution is 2.32. The van der Waals surface area contributed by atoms with Gasteiger partial charge in [-0.2, -0.15) is 10.2 Å². The lowest BCUT2D eigenvalue weighted by atomic mass is 9.88. The van der Waals surface area contributed by atoms with Gasteiger partial charge < -0.3 is 15.4 Å². The zero-order chi connectivity index (χ0) is 25.4. The maximum Gasteiger partial charge on any atom is 0.272 e. The van der Waals surface area contributed by atoms with E-state index < -0.39 is 0 Å². The van der Waals surface area contributed by atoms with Crippen LogP contribution in [0.2, 0.25) is 0 Å². The van der Waals surface area contributed by atoms with E-state index in [-0.39, 0.29) is 23.5 Å². The van der Waals surface area contributed by atoms with Crippen LogP contribution in [0, 0.1) is 6.92 Å². The Balaban J connectivity index is 1.24. The van der Waals surface area contributed by atoms with Crippen molar-refractivity contribution in [1.82, 2.24) is 35.4 Å². The van der Waals surface area contributed by atoms with Crippen LogP contribution in [0.25, 0.3) is 16.9 Å². The average Bonchev–Trinajstić information content (AvgIpc) is 3.47. The molecular weight excluding hydrogens is 454 g/mol. The van der Waals surface area contributed by atoms with E-state index in [4.69, 9.17) is 4.74 Å². The number of rotatable bonds is 6. The first-order valence-corrected chi connectivity index (χ1v) is 13.3. The Morgan fingerprint density at radius 3 is 2.64 bits per heavy atom. The number of fused-ring (bicyclic) bond motifs is 1. The van der Waals surface area contributed by atoms with Crippen LogP contribution in [0.3, 0.4) is 0 Å². The number of carbonyl (C=O) groups is 1. The number of pyridine rings is 1. The number of hydrogen-bond acceptors (Lipinski definition) is 6. The number of aromatic nitrogens is 5. The molecule has 2 fully saturated rings. The van der Waals surface area contributed by atoms with Crippen molar-refractivity contribution >= 4 is 11.6 Å². The second-order valence-electron chi connectivity index (χ2n) is 11.4. The average molecular weight is 494 g/mol. The Labute approximate surface area is 212 Å². The van der Waals surface area contributed by atoms with Crippen LogP contribution in [-0.4, -0.2) is 61.0 Å². The molecule has 1 saturated carbocycles. The predicted octanol–water partition coefficient (Wildman–Crippen LogP) is 4.14. The van der Waals surface area contributed by atoms with E-state index in [1.807, 2.05) is 13.1 Å². The van der Waals surface area contributed by atoms with E-state index >= 15 is 0 Å². The number of aryl methyl sites for hydroxylation is 1. The molecule has 9 heteroatoms. The third kappa shape index (κ3) is 5.18. The first-order valence-electron chi connectivity index (χ1n) is 13.3. The van der Waals surface area contributed by atoms with Gasteiger partial charge in [-0.25, -0.2) is 9.50 Å². The van der Waals surface area contributed by atoms with Gasteiger partial charge in [-0.1, -0.05) is 13.8 Å². The zero-order valence-electron chi connectivity index (χ0n) is 22.1. The number of H-pyrrole nitrogens is 1. The maximum absolute atomic E-state index is 13.3. The van der Waals surface area contributed by atoms with Crippen molar-refractivity contribution in [1.29, 1.82) is 0 Å². The van der Waals surface area contributed by atoms with Gasteiger partial charge >= 0.3 is 0 Å². The summed E-state index contributed by atoms with van der Waals surface area (Å²) >= 11 is 0. The topological polar surface area (TPSA) is 109 Å². The third-order valence-corrected chi connectivity index (χ3v) is 7.68. The molecule has 194 valence electrons. The number of carbonyl (C=O) groups excluding carboxylic acids is 1. The van der Waals surface area contributed by atoms with Gasteiger partial charge in [0, 0.05) is 42.1 Å². The Hall–Kier alpha value is -2.78. The lowest BCUT2D eigenvalue weighted by Gasteiger charge is -2.39. The molecule has 0 bridgehead atoms. The standard InChI is InChI=1S/C27H39N7O2/c1-16(2)22-23(18-12-17(3)25-28-15-29-34(25)14-18)32-33-24(22)26(35)31-20-8-6-19(7-9-20)30-21-10-11-36-27(4,5)13-21/h12,14-16,19-21,30H,6-11,13H2,1-5H3,(H,31,35)(H,32,33)/t19?,20?,21-/m0/s1. The van der Waals surface area contributed by atoms with Crippen molar-refractivity contribution in [3.63, 3.8) is 0 Å². The number of hydrogen-bond donors (Lipinski definition) is 3. The molecule has 0 spiro atoms. The minimum Gasteiger partial charge on any atom is -0.375 e. The Morgan fingerprint density at radius 2 is 1.92 bits per heavy atom. The Morgan fingerprint density at radius 1 is 1.17 bits per heavy atom. The number of ether oxygens (including phenoxy) is 1. The number of amides is 1. The van der Waals surface area contributed by atoms with Crippen LogP contribution in [-0.2, 0) is 4.74 Å². The molecule has 1 atom stereocenters. The zero-order valence-corrected chi connectivity index (χ0v) is 22.1. The number of nitrogens with one attached hydrogen (secondary N) is 3. The van der Waals surface area contributed by atoms with Gasteiger partial charge in [0.15, 0.2) is 11.3 Å². The smallest absolute Gasteiger partial charge is 0.272 e. The summed E-state index contributed by atoms with van der Waals surface area (Å²) in [6.07, 6.45) is 9.71. The van der Waals surface area contributed by atoms with Crippen molar-refractivity contribution < 1.29 is 9.53 Å². The fraction of sp³-hybridized carbons (Fsp3) is 0.630. The summed E-state index contributed by atoms with van der Waals surface area (Å²) in [5, 5.41) is 19.0. The molecule has 9 nitrogen and oxygen atoms in total. The van der Waals surface area contributed by atoms with Gasteiger partial charge in [0.05, 0.1) is 11.3 Å². The van der Waals surface area contributed by atoms with Crippen LogP contribution in [0.5, 0.6) is 0 Å². The van der Waals surface area contributed by atoms with E-state index in [9.17, 15) is 4.79 Å². The summed E-state index contributed by atoms with van der Waals surface area (Å²) in [4.78, 5) is 17.6. The van der Waals surface area contributed by atoms with E-state index in [2.05, 4.69) is 64.7 Å². The third-order valence-electron chi connectivity index (χ3n) is 7.68. The van der Waals surface area contributed by atoms with Crippen LogP contribution in [0.4, 0.5) is 0 Å². The molecule has 1 saturated heterocycles. The summed E-state index contributed by atoms with van der Waals surface area (Å²) in [5.74, 6) is 0.0391. The van der Waals surface area contributed by atoms with Gasteiger partial charge in [-0.3, -0.25) is 9.89 Å². The molecule has 0 aromatic carbocycles. The van der Waals surface area contributed by atoms with Crippen LogP contribution in [0.15, 0.2) is 18.6 Å². The van der Waals surface area contributed by atoms with Gasteiger partial charge in [0.2, 0.25) is 0 Å². The number of aromatic amines is 1. The highest BCUT2D eigenvalue weighted by molar-refractivity contribution is 5.96. The maximum atomic E-state index is 13.3. The summed E-state index contributed by atoms with van der Waals surface area (Å²) < 4.78 is 7.63. The molecular formula is C27H39N7O2. The number of nitrogens with zero attached hydrogens (tertiary/aromatic N) is 4. The second kappa shape index (κ2) is 9.94. The molecule has 4 heterocycles. The van der Waals surface area contributed by atoms with Crippen molar-refractivity contribution in [3.05, 3.63) is 35.4 Å². The molecule has 3 aromatic heterocycles. The molecule has 0 radical (unpaired) electrons. The molecule has 1 aliphatic heterocycles. The largest absolute Gasteiger partial charge is 0.375 e. The van der Waals surface area contributed by atoms with Crippen molar-refractivity contribution in [2.45, 2.75) is 103 Å². The normalized spacial score (nSPS) is 24.3. The monoisotopic (exact) mass is 493 g/mol. The molecule has 1 amide bonds. The molecule has 2 aliphatic rings. The SMILES string of the molecule is Cc1cc(-c2[nH]nc(C(=O)NC3CCC(N[C@H]4CCOC(C)(C)C4)CC3)c2C(C)C)cn2ncnc12. The van der Waals surface area contributed by atoms with Crippen molar-refractivity contribution in [2.24, 2.45) is 0 Å². The second-order valence-corrected chi connectivity index (χ2v) is 11.4. The summed E-state index contributed by atoms with van der Waals surface area (Å²) in [7, 11) is 0. The lowest BCUT2D eigenvalue weighted by molar-refractivity contribution is -0.0647. The Kier molecular flexibility index (Phi) is 6.87. The quantitative estimate of drug-likeness (QED) is 0.476. The molecule has 1 aliphatic carbocycles. The molecule has 0 unspecified atom stereocenters. The summed E-state index contributed by atoms with van der Waals surface area (Å²) in [6.45, 7) is 11.4. The van der Waals surface area contributed by atoms with Gasteiger partial charge in [-0.05, 0) is 76.8 Å². The highest BCUT2D eigenvalue weighted by atomic mass is 16.5. The van der Waals surface area contributed by atoms with E-state index in [1.165, 1.54) is 0 Å². The first kappa shape index (κ1) is 24.9. The van der Waals surface area contributed by atoms with Crippen molar-refractivity contribution in [2.75, 3.05) is 6.61 Å². The minimum absolute atomic E-state index is 0.0443. The van der Waals surface area contributed by atoms with E-state index in [0.29, 0.717) is 17.8 Å². The minimum atomic E-state index is -0.0951. The van der Waals surface area contributed by atoms with Crippen molar-refractivity contribution in [3.8, 4) is 11.3 Å². The van der Waals surface area contributed by atoms with Crippen LogP contribution >= 0.6 is 0 Å². The molecule has 5 rings (SSSR count). The van der Waals surface area contributed by atoms with E-state index in [0.717, 1.165) is 73.2 Å². The van der Waals surface area contributed by atoms with Gasteiger partial charge in [-0.15, -0.1) is 0 Å². The first-order chi connectivity index (χ1) is 17.2. The highest BCUT2D eigenvalue weighted by Gasteiger charge is 2.32. The molecule has 3 N–H and O–H groups in total. The van der Waals surface area contributed by atoms with Crippen LogP contribution in [0.1, 0.15) is 93.8 Å². The van der Waals surface area contributed by atoms with Gasteiger partial charge in [0.1, 0.15) is 6.33 Å². The predicted molar refractivity (Wildman–Crippen MR) is 139 cm³/mol. The molecule has 36 heavy (non-hydrogen) atoms. The summed E-state index contributed by atoms with van der Waals surface area (Å²) in [5.41, 5.74) is 5.04. The fourth-order valence-corrected chi connectivity index (χ4v) is 5.90. The van der Waals surface area contributed by atoms with E-state index in [1.54, 1.807) is 10.8 Å². The van der Waals surface area contributed by atoms with Gasteiger partial charge in [0.25, 0.3) is 5.91 Å². The lowest BCUT2D eigenvalue weighted by Crippen LogP contribution is -2.49. The Bertz CT molecular complexity index is 1220. The summed E-state index contributed by atoms with van der Waals surface area (Å²) in [6, 6.07) is 3.27. The molecule has 3 aromatic rings. The van der Waals surface area contributed by atoms with Crippen LogP contribution < -0.4 is 10.6 Å².